The first kappa shape index (κ1) is 8.54. The van der Waals surface area contributed by atoms with E-state index in [0.717, 1.165) is 11.3 Å². The lowest BCUT2D eigenvalue weighted by Gasteiger charge is -2.03. The van der Waals surface area contributed by atoms with Crippen molar-refractivity contribution in [2.75, 3.05) is 0 Å². The molecule has 3 heteroatoms. The number of nitriles is 1. The number of nitrogens with zero attached hydrogens (tertiary/aromatic N) is 1. The first-order valence-corrected chi connectivity index (χ1v) is 3.68. The highest BCUT2D eigenvalue weighted by molar-refractivity contribution is 5.43. The van der Waals surface area contributed by atoms with Crippen molar-refractivity contribution < 1.29 is 0 Å². The molecule has 0 bridgehead atoms. The Morgan fingerprint density at radius 3 is 2.33 bits per heavy atom. The molecular weight excluding hydrogens is 152 g/mol. The van der Waals surface area contributed by atoms with Crippen molar-refractivity contribution in [1.82, 2.24) is 4.98 Å². The zero-order chi connectivity index (χ0) is 9.30. The summed E-state index contributed by atoms with van der Waals surface area (Å²) in [7, 11) is 0. The van der Waals surface area contributed by atoms with Gasteiger partial charge in [-0.05, 0) is 26.3 Å². The molecule has 0 amide bonds. The van der Waals surface area contributed by atoms with Crippen molar-refractivity contribution in [1.29, 1.82) is 5.26 Å². The number of aromatic amines is 1. The monoisotopic (exact) mass is 162 g/mol. The molecule has 1 N–H and O–H groups in total. The minimum Gasteiger partial charge on any atom is -0.326 e. The third kappa shape index (κ3) is 1.12. The number of hydrogen-bond acceptors (Lipinski definition) is 2. The molecule has 0 unspecified atom stereocenters. The van der Waals surface area contributed by atoms with Crippen LogP contribution in [0.4, 0.5) is 0 Å². The maximum Gasteiger partial charge on any atom is 0.252 e. The Balaban J connectivity index is 3.68. The molecule has 1 heterocycles. The van der Waals surface area contributed by atoms with Crippen LogP contribution in [0.25, 0.3) is 0 Å². The highest BCUT2D eigenvalue weighted by Gasteiger charge is 2.07. The normalized spacial score (nSPS) is 9.50. The Labute approximate surface area is 70.7 Å². The second kappa shape index (κ2) is 2.82. The van der Waals surface area contributed by atoms with Crippen LogP contribution >= 0.6 is 0 Å². The zero-order valence-corrected chi connectivity index (χ0v) is 7.36. The van der Waals surface area contributed by atoms with E-state index in [0.29, 0.717) is 11.1 Å². The predicted molar refractivity (Wildman–Crippen MR) is 46.0 cm³/mol. The van der Waals surface area contributed by atoms with Gasteiger partial charge < -0.3 is 4.98 Å². The Morgan fingerprint density at radius 2 is 1.83 bits per heavy atom. The van der Waals surface area contributed by atoms with Crippen LogP contribution < -0.4 is 5.56 Å². The molecule has 0 radical (unpaired) electrons. The molecule has 3 nitrogen and oxygen atoms in total. The average molecular weight is 162 g/mol. The lowest BCUT2D eigenvalue weighted by atomic mass is 10.1. The van der Waals surface area contributed by atoms with Gasteiger partial charge >= 0.3 is 0 Å². The van der Waals surface area contributed by atoms with Crippen molar-refractivity contribution in [3.63, 3.8) is 0 Å². The van der Waals surface area contributed by atoms with E-state index in [4.69, 9.17) is 5.26 Å². The van der Waals surface area contributed by atoms with E-state index in [9.17, 15) is 4.79 Å². The zero-order valence-electron chi connectivity index (χ0n) is 7.36. The van der Waals surface area contributed by atoms with Crippen LogP contribution in [0.1, 0.15) is 22.4 Å². The maximum absolute atomic E-state index is 11.2. The molecule has 0 saturated heterocycles. The smallest absolute Gasteiger partial charge is 0.252 e. The van der Waals surface area contributed by atoms with Gasteiger partial charge in [0.2, 0.25) is 0 Å². The molecule has 0 spiro atoms. The summed E-state index contributed by atoms with van der Waals surface area (Å²) in [4.78, 5) is 13.8. The molecule has 0 aliphatic heterocycles. The molecule has 0 aromatic carbocycles. The number of pyridine rings is 1. The molecule has 0 atom stereocenters. The summed E-state index contributed by atoms with van der Waals surface area (Å²) in [6.07, 6.45) is 0. The standard InChI is InChI=1S/C9H10N2O/c1-5-7(3)11-9(12)6(2)8(5)4-10/h1-3H3,(H,11,12). The first-order valence-electron chi connectivity index (χ1n) is 3.68. The fourth-order valence-corrected chi connectivity index (χ4v) is 1.11. The Bertz CT molecular complexity index is 410. The second-order valence-corrected chi connectivity index (χ2v) is 2.82. The van der Waals surface area contributed by atoms with Gasteiger partial charge in [0.1, 0.15) is 0 Å². The van der Waals surface area contributed by atoms with Gasteiger partial charge in [-0.3, -0.25) is 4.79 Å². The number of aryl methyl sites for hydroxylation is 1. The Hall–Kier alpha value is -1.56. The van der Waals surface area contributed by atoms with E-state index in [1.165, 1.54) is 0 Å². The summed E-state index contributed by atoms with van der Waals surface area (Å²) < 4.78 is 0. The van der Waals surface area contributed by atoms with E-state index < -0.39 is 0 Å². The molecule has 62 valence electrons. The third-order valence-corrected chi connectivity index (χ3v) is 2.07. The van der Waals surface area contributed by atoms with E-state index in [1.54, 1.807) is 13.8 Å². The van der Waals surface area contributed by atoms with Gasteiger partial charge in [-0.1, -0.05) is 0 Å². The molecule has 0 aliphatic carbocycles. The van der Waals surface area contributed by atoms with E-state index in [1.807, 2.05) is 13.0 Å². The summed E-state index contributed by atoms with van der Waals surface area (Å²) in [6.45, 7) is 5.28. The van der Waals surface area contributed by atoms with Crippen LogP contribution in [-0.4, -0.2) is 4.98 Å². The number of rotatable bonds is 0. The predicted octanol–water partition coefficient (Wildman–Crippen LogP) is 1.17. The number of aromatic nitrogens is 1. The third-order valence-electron chi connectivity index (χ3n) is 2.07. The highest BCUT2D eigenvalue weighted by Crippen LogP contribution is 2.09. The average Bonchev–Trinajstić information content (AvgIpc) is 2.02. The second-order valence-electron chi connectivity index (χ2n) is 2.82. The number of H-pyrrole nitrogens is 1. The molecule has 0 saturated carbocycles. The molecule has 0 aliphatic rings. The minimum absolute atomic E-state index is 0.172. The van der Waals surface area contributed by atoms with Crippen LogP contribution in [-0.2, 0) is 0 Å². The summed E-state index contributed by atoms with van der Waals surface area (Å²) >= 11 is 0. The van der Waals surface area contributed by atoms with Crippen LogP contribution in [0.2, 0.25) is 0 Å². The summed E-state index contributed by atoms with van der Waals surface area (Å²) in [5.74, 6) is 0. The van der Waals surface area contributed by atoms with Crippen molar-refractivity contribution >= 4 is 0 Å². The lowest BCUT2D eigenvalue weighted by Crippen LogP contribution is -2.14. The molecule has 1 aromatic heterocycles. The van der Waals surface area contributed by atoms with E-state index >= 15 is 0 Å². The summed E-state index contributed by atoms with van der Waals surface area (Å²) in [5.41, 5.74) is 2.45. The van der Waals surface area contributed by atoms with Gasteiger partial charge in [0, 0.05) is 11.3 Å². The Kier molecular flexibility index (Phi) is 2.01. The van der Waals surface area contributed by atoms with Crippen LogP contribution in [0.15, 0.2) is 4.79 Å². The first-order chi connectivity index (χ1) is 5.57. The van der Waals surface area contributed by atoms with Gasteiger partial charge in [-0.25, -0.2) is 0 Å². The van der Waals surface area contributed by atoms with Crippen LogP contribution in [0.3, 0.4) is 0 Å². The summed E-state index contributed by atoms with van der Waals surface area (Å²) in [5, 5.41) is 8.75. The Morgan fingerprint density at radius 1 is 1.25 bits per heavy atom. The minimum atomic E-state index is -0.172. The van der Waals surface area contributed by atoms with Crippen molar-refractivity contribution in [3.05, 3.63) is 32.7 Å². The maximum atomic E-state index is 11.2. The van der Waals surface area contributed by atoms with Gasteiger partial charge in [0.25, 0.3) is 5.56 Å². The lowest BCUT2D eigenvalue weighted by molar-refractivity contribution is 1.06. The quantitative estimate of drug-likeness (QED) is 0.622. The fraction of sp³-hybridized carbons (Fsp3) is 0.333. The van der Waals surface area contributed by atoms with E-state index in [2.05, 4.69) is 4.98 Å². The van der Waals surface area contributed by atoms with Crippen molar-refractivity contribution in [2.24, 2.45) is 0 Å². The molecule has 1 rings (SSSR count). The largest absolute Gasteiger partial charge is 0.326 e. The van der Waals surface area contributed by atoms with Gasteiger partial charge in [0.15, 0.2) is 0 Å². The van der Waals surface area contributed by atoms with Crippen LogP contribution in [0.5, 0.6) is 0 Å². The van der Waals surface area contributed by atoms with Crippen molar-refractivity contribution in [3.8, 4) is 6.07 Å². The van der Waals surface area contributed by atoms with Gasteiger partial charge in [-0.2, -0.15) is 5.26 Å². The van der Waals surface area contributed by atoms with Crippen LogP contribution in [0, 0.1) is 32.1 Å². The number of hydrogen-bond donors (Lipinski definition) is 1. The van der Waals surface area contributed by atoms with Crippen molar-refractivity contribution in [2.45, 2.75) is 20.8 Å². The van der Waals surface area contributed by atoms with E-state index in [-0.39, 0.29) is 5.56 Å². The molecule has 1 aromatic rings. The van der Waals surface area contributed by atoms with Gasteiger partial charge in [0.05, 0.1) is 11.6 Å². The summed E-state index contributed by atoms with van der Waals surface area (Å²) in [6, 6.07) is 2.03. The fourth-order valence-electron chi connectivity index (χ4n) is 1.11. The topological polar surface area (TPSA) is 56.6 Å². The highest BCUT2D eigenvalue weighted by atomic mass is 16.1. The SMILES string of the molecule is Cc1[nH]c(=O)c(C)c(C#N)c1C. The molecular formula is C9H10N2O. The van der Waals surface area contributed by atoms with Gasteiger partial charge in [-0.15, -0.1) is 0 Å². The molecule has 12 heavy (non-hydrogen) atoms. The number of nitrogens with one attached hydrogen (secondary N) is 1. The molecule has 0 fully saturated rings.